The SMILES string of the molecule is CC(C)(c1cccc(-c2nc3c(cc2-c2ccccc2)c2cc(-c4ccccc4)ccc2n3-c2ccccc2O)c1)c1ccccn1. The number of nitrogens with zero attached hydrogens (tertiary/aromatic N) is 3. The molecule has 8 rings (SSSR count). The van der Waals surface area contributed by atoms with E-state index in [1.165, 1.54) is 0 Å². The zero-order valence-corrected chi connectivity index (χ0v) is 26.3. The van der Waals surface area contributed by atoms with Crippen LogP contribution in [0.2, 0.25) is 0 Å². The topological polar surface area (TPSA) is 50.9 Å². The molecule has 47 heavy (non-hydrogen) atoms. The highest BCUT2D eigenvalue weighted by molar-refractivity contribution is 6.11. The van der Waals surface area contributed by atoms with Gasteiger partial charge in [0.05, 0.1) is 22.6 Å². The molecule has 0 bridgehead atoms. The molecule has 0 aliphatic heterocycles. The molecular formula is C43H33N3O. The zero-order valence-electron chi connectivity index (χ0n) is 26.3. The van der Waals surface area contributed by atoms with Gasteiger partial charge in [0.25, 0.3) is 0 Å². The highest BCUT2D eigenvalue weighted by Crippen LogP contribution is 2.42. The van der Waals surface area contributed by atoms with Crippen molar-refractivity contribution >= 4 is 21.9 Å². The van der Waals surface area contributed by atoms with Crippen LogP contribution in [-0.4, -0.2) is 19.6 Å². The summed E-state index contributed by atoms with van der Waals surface area (Å²) >= 11 is 0. The van der Waals surface area contributed by atoms with Crippen LogP contribution in [0.25, 0.3) is 61.1 Å². The van der Waals surface area contributed by atoms with Crippen LogP contribution < -0.4 is 0 Å². The van der Waals surface area contributed by atoms with Crippen molar-refractivity contribution in [2.45, 2.75) is 19.3 Å². The third kappa shape index (κ3) is 4.95. The molecule has 8 aromatic rings. The molecule has 0 unspecified atom stereocenters. The Balaban J connectivity index is 1.44. The summed E-state index contributed by atoms with van der Waals surface area (Å²) in [6.45, 7) is 4.42. The lowest BCUT2D eigenvalue weighted by Gasteiger charge is -2.25. The average Bonchev–Trinajstić information content (AvgIpc) is 3.45. The summed E-state index contributed by atoms with van der Waals surface area (Å²) in [6.07, 6.45) is 1.85. The van der Waals surface area contributed by atoms with Gasteiger partial charge in [-0.2, -0.15) is 0 Å². The van der Waals surface area contributed by atoms with Crippen molar-refractivity contribution < 1.29 is 5.11 Å². The Morgan fingerprint density at radius 2 is 1.28 bits per heavy atom. The van der Waals surface area contributed by atoms with Crippen molar-refractivity contribution in [3.8, 4) is 44.9 Å². The lowest BCUT2D eigenvalue weighted by molar-refractivity contribution is 0.473. The van der Waals surface area contributed by atoms with Gasteiger partial charge in [0, 0.05) is 33.5 Å². The molecule has 4 nitrogen and oxygen atoms in total. The second-order valence-electron chi connectivity index (χ2n) is 12.5. The Hall–Kier alpha value is -6.00. The number of phenols is 1. The Kier molecular flexibility index (Phi) is 6.92. The fraction of sp³-hybridized carbons (Fsp3) is 0.0698. The first-order chi connectivity index (χ1) is 23.0. The van der Waals surface area contributed by atoms with E-state index in [9.17, 15) is 5.11 Å². The van der Waals surface area contributed by atoms with Gasteiger partial charge >= 0.3 is 0 Å². The molecule has 3 aromatic heterocycles. The van der Waals surface area contributed by atoms with E-state index >= 15 is 0 Å². The number of aromatic hydroxyl groups is 1. The molecule has 4 heteroatoms. The minimum Gasteiger partial charge on any atom is -0.506 e. The quantitative estimate of drug-likeness (QED) is 0.205. The molecule has 0 saturated heterocycles. The van der Waals surface area contributed by atoms with E-state index in [4.69, 9.17) is 9.97 Å². The number of hydrogen-bond acceptors (Lipinski definition) is 3. The van der Waals surface area contributed by atoms with Gasteiger partial charge in [-0.05, 0) is 70.8 Å². The summed E-state index contributed by atoms with van der Waals surface area (Å²) in [4.78, 5) is 10.2. The fourth-order valence-electron chi connectivity index (χ4n) is 6.63. The zero-order chi connectivity index (χ0) is 32.0. The average molecular weight is 608 g/mol. The normalized spacial score (nSPS) is 11.7. The smallest absolute Gasteiger partial charge is 0.146 e. The molecule has 1 N–H and O–H groups in total. The van der Waals surface area contributed by atoms with Crippen LogP contribution in [0.4, 0.5) is 0 Å². The first-order valence-corrected chi connectivity index (χ1v) is 15.9. The standard InChI is InChI=1S/C43H33N3O/c1-43(2,40-22-11-12-25-44-40)33-19-13-18-32(26-33)41-34(30-16-7-4-8-17-30)28-36-35-27-31(29-14-5-3-6-15-29)23-24-37(35)46(42(36)45-41)38-20-9-10-21-39(38)47/h3-28,47H,1-2H3. The van der Waals surface area contributed by atoms with E-state index in [-0.39, 0.29) is 11.2 Å². The molecule has 3 heterocycles. The van der Waals surface area contributed by atoms with Crippen LogP contribution in [0.3, 0.4) is 0 Å². The van der Waals surface area contributed by atoms with Gasteiger partial charge in [-0.3, -0.25) is 9.55 Å². The van der Waals surface area contributed by atoms with Crippen molar-refractivity contribution in [3.63, 3.8) is 0 Å². The first kappa shape index (κ1) is 28.5. The van der Waals surface area contributed by atoms with Crippen LogP contribution in [0.15, 0.2) is 158 Å². The van der Waals surface area contributed by atoms with Crippen molar-refractivity contribution in [3.05, 3.63) is 169 Å². The van der Waals surface area contributed by atoms with Gasteiger partial charge < -0.3 is 5.11 Å². The third-order valence-electron chi connectivity index (χ3n) is 9.22. The van der Waals surface area contributed by atoms with E-state index in [1.807, 2.05) is 48.7 Å². The summed E-state index contributed by atoms with van der Waals surface area (Å²) in [5, 5.41) is 13.2. The van der Waals surface area contributed by atoms with Crippen molar-refractivity contribution in [2.75, 3.05) is 0 Å². The van der Waals surface area contributed by atoms with Crippen molar-refractivity contribution in [1.29, 1.82) is 0 Å². The Bertz CT molecular complexity index is 2380. The number of aromatic nitrogens is 3. The molecule has 0 aliphatic rings. The van der Waals surface area contributed by atoms with E-state index in [1.54, 1.807) is 6.07 Å². The third-order valence-corrected chi connectivity index (χ3v) is 9.22. The van der Waals surface area contributed by atoms with E-state index in [0.717, 1.165) is 66.7 Å². The van der Waals surface area contributed by atoms with Crippen LogP contribution >= 0.6 is 0 Å². The first-order valence-electron chi connectivity index (χ1n) is 15.9. The summed E-state index contributed by atoms with van der Waals surface area (Å²) in [5.74, 6) is 0.202. The minimum atomic E-state index is -0.313. The number of para-hydroxylation sites is 2. The van der Waals surface area contributed by atoms with Gasteiger partial charge in [0.1, 0.15) is 11.4 Å². The second kappa shape index (κ2) is 11.4. The Labute approximate surface area is 274 Å². The van der Waals surface area contributed by atoms with Gasteiger partial charge in [-0.15, -0.1) is 0 Å². The van der Waals surface area contributed by atoms with Gasteiger partial charge in [-0.25, -0.2) is 4.98 Å². The maximum Gasteiger partial charge on any atom is 0.146 e. The molecule has 0 amide bonds. The van der Waals surface area contributed by atoms with E-state index < -0.39 is 0 Å². The number of benzene rings is 5. The summed E-state index contributed by atoms with van der Waals surface area (Å²) < 4.78 is 2.09. The molecule has 0 radical (unpaired) electrons. The minimum absolute atomic E-state index is 0.202. The van der Waals surface area contributed by atoms with Crippen LogP contribution in [-0.2, 0) is 5.41 Å². The second-order valence-corrected chi connectivity index (χ2v) is 12.5. The summed E-state index contributed by atoms with van der Waals surface area (Å²) in [7, 11) is 0. The highest BCUT2D eigenvalue weighted by atomic mass is 16.3. The van der Waals surface area contributed by atoms with Crippen molar-refractivity contribution in [1.82, 2.24) is 14.5 Å². The molecule has 0 saturated carbocycles. The van der Waals surface area contributed by atoms with Crippen LogP contribution in [0, 0.1) is 0 Å². The number of fused-ring (bicyclic) bond motifs is 3. The van der Waals surface area contributed by atoms with Gasteiger partial charge in [0.2, 0.25) is 0 Å². The lowest BCUT2D eigenvalue weighted by Crippen LogP contribution is -2.20. The highest BCUT2D eigenvalue weighted by Gasteiger charge is 2.26. The number of rotatable bonds is 6. The molecule has 0 aliphatic carbocycles. The maximum atomic E-state index is 11.1. The van der Waals surface area contributed by atoms with Gasteiger partial charge in [-0.1, -0.05) is 117 Å². The predicted octanol–water partition coefficient (Wildman–Crippen LogP) is 10.6. The molecule has 5 aromatic carbocycles. The molecule has 0 atom stereocenters. The monoisotopic (exact) mass is 607 g/mol. The molecule has 0 fully saturated rings. The molecule has 0 spiro atoms. The summed E-state index contributed by atoms with van der Waals surface area (Å²) in [6, 6.07) is 51.9. The Morgan fingerprint density at radius 1 is 0.574 bits per heavy atom. The number of phenolic OH excluding ortho intramolecular Hbond substituents is 1. The molecule has 226 valence electrons. The van der Waals surface area contributed by atoms with Gasteiger partial charge in [0.15, 0.2) is 0 Å². The van der Waals surface area contributed by atoms with Crippen LogP contribution in [0.5, 0.6) is 5.75 Å². The maximum absolute atomic E-state index is 11.1. The predicted molar refractivity (Wildman–Crippen MR) is 193 cm³/mol. The lowest BCUT2D eigenvalue weighted by atomic mass is 9.80. The van der Waals surface area contributed by atoms with E-state index in [0.29, 0.717) is 5.69 Å². The summed E-state index contributed by atoms with van der Waals surface area (Å²) in [5.41, 5.74) is 10.6. The largest absolute Gasteiger partial charge is 0.506 e. The Morgan fingerprint density at radius 3 is 2.02 bits per heavy atom. The van der Waals surface area contributed by atoms with E-state index in [2.05, 4.69) is 122 Å². The van der Waals surface area contributed by atoms with Crippen molar-refractivity contribution in [2.24, 2.45) is 0 Å². The molecular weight excluding hydrogens is 574 g/mol. The van der Waals surface area contributed by atoms with Crippen LogP contribution in [0.1, 0.15) is 25.1 Å². The fourth-order valence-corrected chi connectivity index (χ4v) is 6.63. The number of pyridine rings is 2. The number of hydrogen-bond donors (Lipinski definition) is 1.